The van der Waals surface area contributed by atoms with Crippen LogP contribution in [0.1, 0.15) is 29.3 Å². The Balaban J connectivity index is 2.28. The van der Waals surface area contributed by atoms with Gasteiger partial charge in [0.1, 0.15) is 11.5 Å². The summed E-state index contributed by atoms with van der Waals surface area (Å²) in [4.78, 5) is 12.0. The third-order valence-electron chi connectivity index (χ3n) is 3.13. The van der Waals surface area contributed by atoms with E-state index in [0.29, 0.717) is 4.90 Å². The lowest BCUT2D eigenvalue weighted by Gasteiger charge is -2.12. The van der Waals surface area contributed by atoms with Crippen molar-refractivity contribution in [1.29, 1.82) is 0 Å². The van der Waals surface area contributed by atoms with Gasteiger partial charge in [0.05, 0.1) is 16.1 Å². The quantitative estimate of drug-likeness (QED) is 0.583. The first-order chi connectivity index (χ1) is 11.7. The van der Waals surface area contributed by atoms with Crippen LogP contribution in [0.5, 0.6) is 11.5 Å². The van der Waals surface area contributed by atoms with E-state index in [9.17, 15) is 23.1 Å². The summed E-state index contributed by atoms with van der Waals surface area (Å²) in [6, 6.07) is 7.21. The van der Waals surface area contributed by atoms with Crippen LogP contribution in [0.25, 0.3) is 0 Å². The van der Waals surface area contributed by atoms with Crippen molar-refractivity contribution in [2.75, 3.05) is 5.75 Å². The minimum absolute atomic E-state index is 0.0139. The molecule has 0 heterocycles. The first-order valence-electron chi connectivity index (χ1n) is 7.27. The highest BCUT2D eigenvalue weighted by Gasteiger charge is 2.31. The molecule has 2 rings (SSSR count). The second kappa shape index (κ2) is 8.01. The van der Waals surface area contributed by atoms with Gasteiger partial charge in [0.25, 0.3) is 0 Å². The monoisotopic (exact) mass is 390 g/mol. The summed E-state index contributed by atoms with van der Waals surface area (Å²) in [5, 5.41) is 9.10. The molecule has 0 bridgehead atoms. The average molecular weight is 391 g/mol. The van der Waals surface area contributed by atoms with Crippen molar-refractivity contribution in [2.45, 2.75) is 24.4 Å². The smallest absolute Gasteiger partial charge is 0.416 e. The van der Waals surface area contributed by atoms with Gasteiger partial charge in [0.15, 0.2) is 0 Å². The summed E-state index contributed by atoms with van der Waals surface area (Å²) < 4.78 is 43.4. The average Bonchev–Trinajstić information content (AvgIpc) is 2.54. The molecule has 0 aliphatic carbocycles. The summed E-state index contributed by atoms with van der Waals surface area (Å²) in [5.74, 6) is -0.145. The largest absolute Gasteiger partial charge is 0.478 e. The molecule has 2 aromatic carbocycles. The van der Waals surface area contributed by atoms with Crippen molar-refractivity contribution in [3.63, 3.8) is 0 Å². The topological polar surface area (TPSA) is 46.5 Å². The molecule has 1 N–H and O–H groups in total. The predicted octanol–water partition coefficient (Wildman–Crippen LogP) is 6.35. The Labute approximate surface area is 151 Å². The molecule has 2 aromatic rings. The first-order valence-corrected chi connectivity index (χ1v) is 8.63. The highest BCUT2D eigenvalue weighted by molar-refractivity contribution is 7.99. The maximum Gasteiger partial charge on any atom is 0.416 e. The number of aromatic carboxylic acids is 1. The van der Waals surface area contributed by atoms with Gasteiger partial charge in [-0.05, 0) is 48.6 Å². The molecule has 0 radical (unpaired) electrons. The zero-order valence-corrected chi connectivity index (χ0v) is 14.6. The molecule has 0 aromatic heterocycles. The highest BCUT2D eigenvalue weighted by atomic mass is 35.5. The fraction of sp³-hybridized carbons (Fsp3) is 0.235. The Bertz CT molecular complexity index is 778. The normalized spacial score (nSPS) is 11.4. The molecule has 0 fully saturated rings. The Morgan fingerprint density at radius 3 is 2.52 bits per heavy atom. The number of hydrogen-bond donors (Lipinski definition) is 1. The number of alkyl halides is 3. The molecule has 8 heteroatoms. The number of halogens is 4. The minimum Gasteiger partial charge on any atom is -0.478 e. The van der Waals surface area contributed by atoms with Gasteiger partial charge in [-0.3, -0.25) is 0 Å². The van der Waals surface area contributed by atoms with E-state index >= 15 is 0 Å². The fourth-order valence-electron chi connectivity index (χ4n) is 1.96. The van der Waals surface area contributed by atoms with Crippen molar-refractivity contribution in [2.24, 2.45) is 0 Å². The Morgan fingerprint density at radius 1 is 1.24 bits per heavy atom. The zero-order chi connectivity index (χ0) is 18.6. The molecular weight excluding hydrogens is 377 g/mol. The number of carbonyl (C=O) groups is 1. The zero-order valence-electron chi connectivity index (χ0n) is 13.1. The molecule has 0 saturated carbocycles. The van der Waals surface area contributed by atoms with Gasteiger partial charge in [-0.1, -0.05) is 18.5 Å². The maximum atomic E-state index is 12.6. The van der Waals surface area contributed by atoms with Gasteiger partial charge in [0, 0.05) is 4.90 Å². The highest BCUT2D eigenvalue weighted by Crippen LogP contribution is 2.37. The van der Waals surface area contributed by atoms with E-state index in [1.165, 1.54) is 17.8 Å². The van der Waals surface area contributed by atoms with E-state index in [4.69, 9.17) is 16.3 Å². The molecular formula is C17H14ClF3O3S. The van der Waals surface area contributed by atoms with Crippen LogP contribution < -0.4 is 4.74 Å². The molecule has 0 spiro atoms. The first kappa shape index (κ1) is 19.5. The van der Waals surface area contributed by atoms with Gasteiger partial charge in [-0.15, -0.1) is 11.8 Å². The summed E-state index contributed by atoms with van der Waals surface area (Å²) in [6.07, 6.45) is -3.61. The van der Waals surface area contributed by atoms with Gasteiger partial charge >= 0.3 is 12.1 Å². The summed E-state index contributed by atoms with van der Waals surface area (Å²) in [5.41, 5.74) is -0.818. The van der Waals surface area contributed by atoms with Crippen LogP contribution in [0.4, 0.5) is 13.2 Å². The predicted molar refractivity (Wildman–Crippen MR) is 90.9 cm³/mol. The third-order valence-corrected chi connectivity index (χ3v) is 4.70. The number of rotatable bonds is 6. The molecule has 0 amide bonds. The fourth-order valence-corrected chi connectivity index (χ4v) is 3.07. The standard InChI is InChI=1S/C17H14ClF3O3S/c1-2-7-25-15-6-4-11(9-12(15)16(22)23)24-14-5-3-10(8-13(14)18)17(19,20)21/h3-6,8-9H,2,7H2,1H3,(H,22,23). The number of benzene rings is 2. The van der Waals surface area contributed by atoms with Crippen LogP contribution >= 0.6 is 23.4 Å². The van der Waals surface area contributed by atoms with E-state index in [-0.39, 0.29) is 22.1 Å². The molecule has 0 saturated heterocycles. The van der Waals surface area contributed by atoms with E-state index < -0.39 is 17.7 Å². The van der Waals surface area contributed by atoms with Gasteiger partial charge < -0.3 is 9.84 Å². The van der Waals surface area contributed by atoms with Crippen LogP contribution in [-0.4, -0.2) is 16.8 Å². The van der Waals surface area contributed by atoms with Crippen molar-refractivity contribution < 1.29 is 27.8 Å². The SMILES string of the molecule is CCCSc1ccc(Oc2ccc(C(F)(F)F)cc2Cl)cc1C(=O)O. The summed E-state index contributed by atoms with van der Waals surface area (Å²) in [6.45, 7) is 1.98. The second-order valence-corrected chi connectivity index (χ2v) is 6.60. The minimum atomic E-state index is -4.50. The Hall–Kier alpha value is -1.86. The van der Waals surface area contributed by atoms with E-state index in [1.54, 1.807) is 12.1 Å². The molecule has 0 unspecified atom stereocenters. The van der Waals surface area contributed by atoms with Crippen molar-refractivity contribution in [1.82, 2.24) is 0 Å². The van der Waals surface area contributed by atoms with E-state index in [0.717, 1.165) is 30.4 Å². The van der Waals surface area contributed by atoms with Gasteiger partial charge in [-0.25, -0.2) is 4.79 Å². The molecule has 0 atom stereocenters. The van der Waals surface area contributed by atoms with Crippen molar-refractivity contribution in [3.05, 3.63) is 52.5 Å². The molecule has 134 valence electrons. The second-order valence-electron chi connectivity index (χ2n) is 5.06. The Kier molecular flexibility index (Phi) is 6.24. The number of carboxylic acids is 1. The molecule has 0 aliphatic rings. The lowest BCUT2D eigenvalue weighted by molar-refractivity contribution is -0.137. The van der Waals surface area contributed by atoms with Crippen LogP contribution in [0.3, 0.4) is 0 Å². The molecule has 3 nitrogen and oxygen atoms in total. The number of ether oxygens (including phenoxy) is 1. The van der Waals surface area contributed by atoms with E-state index in [2.05, 4.69) is 0 Å². The van der Waals surface area contributed by atoms with Crippen LogP contribution in [0.2, 0.25) is 5.02 Å². The van der Waals surface area contributed by atoms with Gasteiger partial charge in [0.2, 0.25) is 0 Å². The number of carboxylic acid groups (broad SMARTS) is 1. The van der Waals surface area contributed by atoms with Crippen LogP contribution in [0.15, 0.2) is 41.3 Å². The number of thioether (sulfide) groups is 1. The van der Waals surface area contributed by atoms with E-state index in [1.807, 2.05) is 6.92 Å². The molecule has 0 aliphatic heterocycles. The number of hydrogen-bond acceptors (Lipinski definition) is 3. The lowest BCUT2D eigenvalue weighted by Crippen LogP contribution is -2.04. The van der Waals surface area contributed by atoms with Crippen LogP contribution in [0, 0.1) is 0 Å². The molecule has 25 heavy (non-hydrogen) atoms. The van der Waals surface area contributed by atoms with Crippen LogP contribution in [-0.2, 0) is 6.18 Å². The lowest BCUT2D eigenvalue weighted by atomic mass is 10.2. The van der Waals surface area contributed by atoms with Gasteiger partial charge in [-0.2, -0.15) is 13.2 Å². The van der Waals surface area contributed by atoms with Crippen molar-refractivity contribution >= 4 is 29.3 Å². The summed E-state index contributed by atoms with van der Waals surface area (Å²) in [7, 11) is 0. The third kappa shape index (κ3) is 5.06. The maximum absolute atomic E-state index is 12.6. The summed E-state index contributed by atoms with van der Waals surface area (Å²) >= 11 is 7.25. The van der Waals surface area contributed by atoms with Crippen molar-refractivity contribution in [3.8, 4) is 11.5 Å². The Morgan fingerprint density at radius 2 is 1.96 bits per heavy atom.